The summed E-state index contributed by atoms with van der Waals surface area (Å²) in [5.41, 5.74) is 0. The summed E-state index contributed by atoms with van der Waals surface area (Å²) in [5, 5.41) is 42.4. The number of aliphatic hydroxyl groups is 4. The summed E-state index contributed by atoms with van der Waals surface area (Å²) < 4.78 is 10.9. The molecule has 2 aromatic rings. The summed E-state index contributed by atoms with van der Waals surface area (Å²) in [4.78, 5) is 13.8. The highest BCUT2D eigenvalue weighted by Gasteiger charge is 2.45. The molecular weight excluding hydrogens is 368 g/mol. The van der Waals surface area contributed by atoms with Crippen LogP contribution in [-0.4, -0.2) is 63.5 Å². The van der Waals surface area contributed by atoms with Gasteiger partial charge in [-0.3, -0.25) is 4.79 Å². The second kappa shape index (κ2) is 7.92. The molecule has 1 fully saturated rings. The number of rotatable bonds is 6. The summed E-state index contributed by atoms with van der Waals surface area (Å²) in [7, 11) is 0. The molecule has 0 aliphatic carbocycles. The minimum atomic E-state index is -1.53. The Morgan fingerprint density at radius 1 is 1.12 bits per heavy atom. The Morgan fingerprint density at radius 3 is 2.60 bits per heavy atom. The Kier molecular flexibility index (Phi) is 5.85. The molecule has 25 heavy (non-hydrogen) atoms. The van der Waals surface area contributed by atoms with Crippen molar-refractivity contribution in [3.05, 3.63) is 38.7 Å². The Hall–Kier alpha value is -1.33. The van der Waals surface area contributed by atoms with Crippen molar-refractivity contribution in [2.24, 2.45) is 0 Å². The van der Waals surface area contributed by atoms with Crippen LogP contribution in [0.5, 0.6) is 5.75 Å². The Morgan fingerprint density at radius 2 is 1.92 bits per heavy atom. The Bertz CT molecular complexity index is 697. The van der Waals surface area contributed by atoms with E-state index in [2.05, 4.69) is 0 Å². The number of hydrogen-bond donors (Lipinski definition) is 4. The van der Waals surface area contributed by atoms with Gasteiger partial charge in [0.05, 0.1) is 6.61 Å². The molecule has 0 saturated carbocycles. The maximum absolute atomic E-state index is 12.5. The molecule has 5 unspecified atom stereocenters. The van der Waals surface area contributed by atoms with E-state index in [1.807, 2.05) is 17.5 Å². The standard InChI is InChI=1S/C16H18O7S2/c17-7-11-12(19)13(20)14(21)16(23-11)22-10-3-5-25-15(10)9(18)6-8-2-1-4-24-8/h1-5,11-14,16-17,19-21H,6-7H2. The van der Waals surface area contributed by atoms with Gasteiger partial charge in [-0.15, -0.1) is 22.7 Å². The van der Waals surface area contributed by atoms with Gasteiger partial charge in [0.15, 0.2) is 5.78 Å². The lowest BCUT2D eigenvalue weighted by Gasteiger charge is -2.39. The predicted octanol–water partition coefficient (Wildman–Crippen LogP) is 0.414. The largest absolute Gasteiger partial charge is 0.460 e. The number of hydrogen-bond acceptors (Lipinski definition) is 9. The number of thiophene rings is 2. The number of carbonyl (C=O) groups is 1. The summed E-state index contributed by atoms with van der Waals surface area (Å²) in [5.74, 6) is 0.105. The van der Waals surface area contributed by atoms with Gasteiger partial charge in [0, 0.05) is 11.3 Å². The van der Waals surface area contributed by atoms with Crippen molar-refractivity contribution in [1.29, 1.82) is 0 Å². The molecule has 4 N–H and O–H groups in total. The molecule has 5 atom stereocenters. The van der Waals surface area contributed by atoms with Gasteiger partial charge in [-0.2, -0.15) is 0 Å². The third-order valence-corrected chi connectivity index (χ3v) is 5.70. The number of Topliss-reactive ketones (excluding diaryl/α,β-unsaturated/α-hetero) is 1. The molecule has 0 amide bonds. The van der Waals surface area contributed by atoms with Crippen LogP contribution in [0.1, 0.15) is 14.5 Å². The fourth-order valence-electron chi connectivity index (χ4n) is 2.54. The van der Waals surface area contributed by atoms with Crippen LogP contribution in [0.3, 0.4) is 0 Å². The van der Waals surface area contributed by atoms with E-state index in [0.29, 0.717) is 4.88 Å². The normalized spacial score (nSPS) is 29.5. The molecule has 3 rings (SSSR count). The molecule has 0 aromatic carbocycles. The molecule has 0 radical (unpaired) electrons. The van der Waals surface area contributed by atoms with Crippen molar-refractivity contribution in [2.75, 3.05) is 6.61 Å². The Labute approximate surface area is 151 Å². The summed E-state index contributed by atoms with van der Waals surface area (Å²) in [6, 6.07) is 5.31. The van der Waals surface area contributed by atoms with E-state index in [-0.39, 0.29) is 18.0 Å². The van der Waals surface area contributed by atoms with Crippen LogP contribution in [-0.2, 0) is 11.2 Å². The van der Waals surface area contributed by atoms with Gasteiger partial charge in [-0.25, -0.2) is 0 Å². The molecule has 0 spiro atoms. The quantitative estimate of drug-likeness (QED) is 0.532. The van der Waals surface area contributed by atoms with Crippen LogP contribution in [0.4, 0.5) is 0 Å². The number of carbonyl (C=O) groups excluding carboxylic acids is 1. The molecule has 3 heterocycles. The first kappa shape index (κ1) is 18.5. The first-order valence-electron chi connectivity index (χ1n) is 7.61. The van der Waals surface area contributed by atoms with Crippen LogP contribution in [0, 0.1) is 0 Å². The lowest BCUT2D eigenvalue weighted by atomic mass is 9.99. The van der Waals surface area contributed by atoms with Crippen molar-refractivity contribution in [3.63, 3.8) is 0 Å². The van der Waals surface area contributed by atoms with Crippen LogP contribution < -0.4 is 4.74 Å². The van der Waals surface area contributed by atoms with E-state index in [4.69, 9.17) is 9.47 Å². The molecule has 7 nitrogen and oxygen atoms in total. The highest BCUT2D eigenvalue weighted by molar-refractivity contribution is 7.12. The van der Waals surface area contributed by atoms with Crippen molar-refractivity contribution >= 4 is 28.5 Å². The topological polar surface area (TPSA) is 116 Å². The van der Waals surface area contributed by atoms with E-state index < -0.39 is 37.3 Å². The molecule has 0 bridgehead atoms. The zero-order valence-corrected chi connectivity index (χ0v) is 14.7. The van der Waals surface area contributed by atoms with Crippen LogP contribution >= 0.6 is 22.7 Å². The van der Waals surface area contributed by atoms with Gasteiger partial charge in [0.25, 0.3) is 0 Å². The summed E-state index contributed by atoms with van der Waals surface area (Å²) in [6.45, 7) is -0.543. The first-order valence-corrected chi connectivity index (χ1v) is 9.37. The number of ether oxygens (including phenoxy) is 2. The van der Waals surface area contributed by atoms with Crippen LogP contribution in [0.15, 0.2) is 29.0 Å². The molecule has 1 aliphatic heterocycles. The van der Waals surface area contributed by atoms with E-state index in [9.17, 15) is 25.2 Å². The maximum Gasteiger partial charge on any atom is 0.229 e. The molecule has 9 heteroatoms. The molecule has 136 valence electrons. The van der Waals surface area contributed by atoms with E-state index in [1.165, 1.54) is 22.7 Å². The van der Waals surface area contributed by atoms with Crippen molar-refractivity contribution in [3.8, 4) is 5.75 Å². The third kappa shape index (κ3) is 3.93. The van der Waals surface area contributed by atoms with Crippen LogP contribution in [0.2, 0.25) is 0 Å². The van der Waals surface area contributed by atoms with E-state index >= 15 is 0 Å². The highest BCUT2D eigenvalue weighted by Crippen LogP contribution is 2.31. The number of ketones is 1. The first-order chi connectivity index (χ1) is 12.0. The monoisotopic (exact) mass is 386 g/mol. The predicted molar refractivity (Wildman–Crippen MR) is 91.1 cm³/mol. The fourth-order valence-corrected chi connectivity index (χ4v) is 4.00. The smallest absolute Gasteiger partial charge is 0.229 e. The highest BCUT2D eigenvalue weighted by atomic mass is 32.1. The van der Waals surface area contributed by atoms with E-state index in [1.54, 1.807) is 11.4 Å². The third-order valence-electron chi connectivity index (χ3n) is 3.89. The fraction of sp³-hybridized carbons (Fsp3) is 0.438. The molecule has 1 saturated heterocycles. The Balaban J connectivity index is 1.73. The van der Waals surface area contributed by atoms with Crippen molar-refractivity contribution in [2.45, 2.75) is 37.1 Å². The van der Waals surface area contributed by atoms with Crippen LogP contribution in [0.25, 0.3) is 0 Å². The van der Waals surface area contributed by atoms with Gasteiger partial charge >= 0.3 is 0 Å². The van der Waals surface area contributed by atoms with Gasteiger partial charge in [0.2, 0.25) is 6.29 Å². The second-order valence-corrected chi connectivity index (χ2v) is 7.56. The minimum absolute atomic E-state index is 0.128. The van der Waals surface area contributed by atoms with Gasteiger partial charge in [-0.05, 0) is 22.9 Å². The second-order valence-electron chi connectivity index (χ2n) is 5.61. The van der Waals surface area contributed by atoms with Crippen molar-refractivity contribution in [1.82, 2.24) is 0 Å². The molecular formula is C16H18O7S2. The summed E-state index contributed by atoms with van der Waals surface area (Å²) >= 11 is 2.69. The average molecular weight is 386 g/mol. The number of aliphatic hydroxyl groups excluding tert-OH is 4. The summed E-state index contributed by atoms with van der Waals surface area (Å²) in [6.07, 6.45) is -6.63. The SMILES string of the molecule is O=C(Cc1cccs1)c1sccc1OC1OC(CO)C(O)C(O)C1O. The van der Waals surface area contributed by atoms with Crippen molar-refractivity contribution < 1.29 is 34.7 Å². The lowest BCUT2D eigenvalue weighted by molar-refractivity contribution is -0.277. The van der Waals surface area contributed by atoms with Gasteiger partial charge < -0.3 is 29.9 Å². The van der Waals surface area contributed by atoms with Gasteiger partial charge in [-0.1, -0.05) is 6.07 Å². The lowest BCUT2D eigenvalue weighted by Crippen LogP contribution is -2.60. The van der Waals surface area contributed by atoms with E-state index in [0.717, 1.165) is 4.88 Å². The maximum atomic E-state index is 12.5. The average Bonchev–Trinajstić information content (AvgIpc) is 3.27. The zero-order chi connectivity index (χ0) is 18.0. The minimum Gasteiger partial charge on any atom is -0.460 e. The van der Waals surface area contributed by atoms with Gasteiger partial charge in [0.1, 0.15) is 35.0 Å². The molecule has 1 aliphatic rings. The molecule has 2 aromatic heterocycles. The zero-order valence-electron chi connectivity index (χ0n) is 13.0.